The van der Waals surface area contributed by atoms with Crippen molar-refractivity contribution in [3.05, 3.63) is 52.8 Å². The van der Waals surface area contributed by atoms with Gasteiger partial charge in [0.2, 0.25) is 5.91 Å². The second-order valence-electron chi connectivity index (χ2n) is 5.83. The van der Waals surface area contributed by atoms with Crippen molar-refractivity contribution in [1.82, 2.24) is 0 Å². The molecule has 1 atom stereocenters. The number of anilines is 2. The maximum atomic E-state index is 13.2. The lowest BCUT2D eigenvalue weighted by Gasteiger charge is -2.32. The Balaban J connectivity index is 1.81. The van der Waals surface area contributed by atoms with E-state index in [0.717, 1.165) is 5.56 Å². The highest BCUT2D eigenvalue weighted by Crippen LogP contribution is 2.34. The maximum Gasteiger partial charge on any atom is 0.268 e. The van der Waals surface area contributed by atoms with Crippen molar-refractivity contribution in [1.29, 1.82) is 0 Å². The van der Waals surface area contributed by atoms with E-state index in [2.05, 4.69) is 5.32 Å². The van der Waals surface area contributed by atoms with Crippen LogP contribution in [0.5, 0.6) is 5.75 Å². The monoisotopic (exact) mass is 362 g/mol. The van der Waals surface area contributed by atoms with Gasteiger partial charge in [-0.2, -0.15) is 0 Å². The van der Waals surface area contributed by atoms with Gasteiger partial charge in [-0.15, -0.1) is 0 Å². The molecule has 0 spiro atoms. The summed E-state index contributed by atoms with van der Waals surface area (Å²) in [6, 6.07) is 9.33. The van der Waals surface area contributed by atoms with E-state index in [4.69, 9.17) is 16.3 Å². The smallest absolute Gasteiger partial charge is 0.268 e. The van der Waals surface area contributed by atoms with Crippen molar-refractivity contribution < 1.29 is 18.7 Å². The minimum absolute atomic E-state index is 0.0881. The van der Waals surface area contributed by atoms with E-state index in [0.29, 0.717) is 17.1 Å². The van der Waals surface area contributed by atoms with E-state index in [1.165, 1.54) is 23.1 Å². The van der Waals surface area contributed by atoms with Crippen LogP contribution in [-0.2, 0) is 9.59 Å². The van der Waals surface area contributed by atoms with E-state index in [-0.39, 0.29) is 17.5 Å². The Bertz CT molecular complexity index is 856. The average Bonchev–Trinajstić information content (AvgIpc) is 2.56. The van der Waals surface area contributed by atoms with Gasteiger partial charge >= 0.3 is 0 Å². The van der Waals surface area contributed by atoms with E-state index in [1.807, 2.05) is 13.0 Å². The van der Waals surface area contributed by atoms with Gasteiger partial charge in [0.25, 0.3) is 5.91 Å². The minimum Gasteiger partial charge on any atom is -0.479 e. The number of rotatable bonds is 3. The van der Waals surface area contributed by atoms with E-state index < -0.39 is 17.8 Å². The Morgan fingerprint density at radius 2 is 2.08 bits per heavy atom. The molecular weight excluding hydrogens is 347 g/mol. The highest BCUT2D eigenvalue weighted by atomic mass is 35.5. The molecule has 0 radical (unpaired) electrons. The Morgan fingerprint density at radius 3 is 2.80 bits per heavy atom. The molecule has 7 heteroatoms. The van der Waals surface area contributed by atoms with Crippen molar-refractivity contribution in [3.63, 3.8) is 0 Å². The van der Waals surface area contributed by atoms with Crippen molar-refractivity contribution in [2.75, 3.05) is 16.8 Å². The number of amides is 2. The van der Waals surface area contributed by atoms with Gasteiger partial charge in [0.05, 0.1) is 10.7 Å². The molecule has 0 fully saturated rings. The topological polar surface area (TPSA) is 58.6 Å². The third-order valence-corrected chi connectivity index (χ3v) is 4.12. The number of carbonyl (C=O) groups excluding carboxylic acids is 2. The Morgan fingerprint density at radius 1 is 1.32 bits per heavy atom. The summed E-state index contributed by atoms with van der Waals surface area (Å²) in [6.07, 6.45) is -0.678. The normalized spacial score (nSPS) is 16.2. The van der Waals surface area contributed by atoms with Crippen LogP contribution in [0.1, 0.15) is 12.5 Å². The second kappa shape index (κ2) is 6.72. The van der Waals surface area contributed by atoms with Crippen LogP contribution in [0.15, 0.2) is 36.4 Å². The third kappa shape index (κ3) is 3.58. The largest absolute Gasteiger partial charge is 0.479 e. The predicted molar refractivity (Wildman–Crippen MR) is 93.7 cm³/mol. The Hall–Kier alpha value is -2.60. The molecule has 2 aromatic rings. The maximum absolute atomic E-state index is 13.2. The summed E-state index contributed by atoms with van der Waals surface area (Å²) in [7, 11) is 0. The molecule has 1 heterocycles. The van der Waals surface area contributed by atoms with Crippen molar-refractivity contribution in [3.8, 4) is 5.75 Å². The fraction of sp³-hybridized carbons (Fsp3) is 0.222. The molecule has 1 aliphatic rings. The van der Waals surface area contributed by atoms with Gasteiger partial charge in [-0.3, -0.25) is 14.5 Å². The van der Waals surface area contributed by atoms with Crippen molar-refractivity contribution in [2.45, 2.75) is 20.0 Å². The molecule has 0 aliphatic carbocycles. The minimum atomic E-state index is -0.678. The summed E-state index contributed by atoms with van der Waals surface area (Å²) < 4.78 is 18.8. The molecule has 1 aliphatic heterocycles. The number of hydrogen-bond acceptors (Lipinski definition) is 3. The van der Waals surface area contributed by atoms with Crippen LogP contribution in [-0.4, -0.2) is 24.5 Å². The lowest BCUT2D eigenvalue weighted by Crippen LogP contribution is -2.47. The molecule has 0 saturated carbocycles. The molecule has 2 aromatic carbocycles. The van der Waals surface area contributed by atoms with Crippen molar-refractivity contribution >= 4 is 34.8 Å². The zero-order valence-electron chi connectivity index (χ0n) is 13.7. The summed E-state index contributed by atoms with van der Waals surface area (Å²) in [6.45, 7) is 3.34. The van der Waals surface area contributed by atoms with E-state index in [9.17, 15) is 14.0 Å². The number of nitrogens with one attached hydrogen (secondary N) is 1. The lowest BCUT2D eigenvalue weighted by atomic mass is 10.1. The molecule has 0 bridgehead atoms. The summed E-state index contributed by atoms with van der Waals surface area (Å²) in [5.74, 6) is -0.737. The summed E-state index contributed by atoms with van der Waals surface area (Å²) in [5.41, 5.74) is 1.85. The number of carbonyl (C=O) groups is 2. The second-order valence-corrected chi connectivity index (χ2v) is 6.24. The third-order valence-electron chi connectivity index (χ3n) is 3.83. The molecule has 2 amide bonds. The number of fused-ring (bicyclic) bond motifs is 1. The molecule has 130 valence electrons. The number of aryl methyl sites for hydroxylation is 1. The van der Waals surface area contributed by atoms with Gasteiger partial charge in [-0.25, -0.2) is 4.39 Å². The number of benzene rings is 2. The van der Waals surface area contributed by atoms with Gasteiger partial charge in [0.15, 0.2) is 6.10 Å². The summed E-state index contributed by atoms with van der Waals surface area (Å²) >= 11 is 5.71. The first kappa shape index (κ1) is 17.2. The summed E-state index contributed by atoms with van der Waals surface area (Å²) in [4.78, 5) is 26.2. The summed E-state index contributed by atoms with van der Waals surface area (Å²) in [5, 5.41) is 2.53. The lowest BCUT2D eigenvalue weighted by molar-refractivity contribution is -0.127. The Kier molecular flexibility index (Phi) is 4.63. The van der Waals surface area contributed by atoms with Crippen LogP contribution in [0, 0.1) is 12.7 Å². The van der Waals surface area contributed by atoms with Crippen LogP contribution in [0.3, 0.4) is 0 Å². The van der Waals surface area contributed by atoms with Gasteiger partial charge < -0.3 is 10.1 Å². The first-order valence-electron chi connectivity index (χ1n) is 7.69. The molecule has 1 unspecified atom stereocenters. The van der Waals surface area contributed by atoms with Crippen LogP contribution in [0.25, 0.3) is 0 Å². The first-order valence-corrected chi connectivity index (χ1v) is 8.06. The fourth-order valence-electron chi connectivity index (χ4n) is 2.60. The Labute approximate surface area is 149 Å². The van der Waals surface area contributed by atoms with Gasteiger partial charge in [0.1, 0.15) is 18.1 Å². The molecule has 0 saturated heterocycles. The quantitative estimate of drug-likeness (QED) is 0.908. The highest BCUT2D eigenvalue weighted by molar-refractivity contribution is 6.31. The van der Waals surface area contributed by atoms with Gasteiger partial charge in [-0.1, -0.05) is 17.7 Å². The zero-order chi connectivity index (χ0) is 18.1. The SMILES string of the molecule is Cc1ccc2c(c1)N(CC(=O)Nc1ccc(F)c(Cl)c1)C(=O)C(C)O2. The number of nitrogens with zero attached hydrogens (tertiary/aromatic N) is 1. The van der Waals surface area contributed by atoms with E-state index in [1.54, 1.807) is 19.1 Å². The highest BCUT2D eigenvalue weighted by Gasteiger charge is 2.32. The predicted octanol–water partition coefficient (Wildman–Crippen LogP) is 3.54. The molecule has 1 N–H and O–H groups in total. The molecule has 25 heavy (non-hydrogen) atoms. The van der Waals surface area contributed by atoms with Crippen molar-refractivity contribution in [2.24, 2.45) is 0 Å². The fourth-order valence-corrected chi connectivity index (χ4v) is 2.78. The van der Waals surface area contributed by atoms with Crippen LogP contribution in [0.4, 0.5) is 15.8 Å². The standard InChI is InChI=1S/C18H16ClFN2O3/c1-10-3-6-16-15(7-10)22(18(24)11(2)25-16)9-17(23)21-12-4-5-14(20)13(19)8-12/h3-8,11H,9H2,1-2H3,(H,21,23). The van der Waals surface area contributed by atoms with Crippen LogP contribution in [0.2, 0.25) is 5.02 Å². The molecule has 5 nitrogen and oxygen atoms in total. The van der Waals surface area contributed by atoms with Crippen LogP contribution >= 0.6 is 11.6 Å². The first-order chi connectivity index (χ1) is 11.8. The zero-order valence-corrected chi connectivity index (χ0v) is 14.4. The van der Waals surface area contributed by atoms with Gasteiger partial charge in [-0.05, 0) is 49.7 Å². The number of ether oxygens (including phenoxy) is 1. The number of hydrogen-bond donors (Lipinski definition) is 1. The van der Waals surface area contributed by atoms with E-state index >= 15 is 0 Å². The molecule has 3 rings (SSSR count). The molecular formula is C18H16ClFN2O3. The molecule has 0 aromatic heterocycles. The average molecular weight is 363 g/mol. The number of halogens is 2. The van der Waals surface area contributed by atoms with Crippen LogP contribution < -0.4 is 15.0 Å². The van der Waals surface area contributed by atoms with Gasteiger partial charge in [0, 0.05) is 5.69 Å².